The van der Waals surface area contributed by atoms with E-state index in [1.807, 2.05) is 4.90 Å². The highest BCUT2D eigenvalue weighted by Crippen LogP contribution is 2.29. The third-order valence-corrected chi connectivity index (χ3v) is 4.84. The zero-order chi connectivity index (χ0) is 17.9. The number of nitrogens with one attached hydrogen (secondary N) is 1. The molecule has 5 nitrogen and oxygen atoms in total. The Morgan fingerprint density at radius 2 is 1.84 bits per heavy atom. The molecule has 3 rings (SSSR count). The predicted molar refractivity (Wildman–Crippen MR) is 86.2 cm³/mol. The molecule has 0 radical (unpaired) electrons. The Kier molecular flexibility index (Phi) is 5.46. The zero-order valence-electron chi connectivity index (χ0n) is 13.9. The average molecular weight is 357 g/mol. The van der Waals surface area contributed by atoms with E-state index in [9.17, 15) is 18.0 Å². The van der Waals surface area contributed by atoms with Gasteiger partial charge in [-0.1, -0.05) is 0 Å². The summed E-state index contributed by atoms with van der Waals surface area (Å²) in [5, 5.41) is 3.09. The van der Waals surface area contributed by atoms with E-state index in [2.05, 4.69) is 10.3 Å². The van der Waals surface area contributed by atoms with Crippen LogP contribution in [0.5, 0.6) is 0 Å². The molecule has 0 saturated carbocycles. The van der Waals surface area contributed by atoms with Crippen LogP contribution < -0.4 is 10.2 Å². The fourth-order valence-electron chi connectivity index (χ4n) is 3.30. The van der Waals surface area contributed by atoms with Crippen molar-refractivity contribution in [3.8, 4) is 0 Å². The molecule has 0 atom stereocenters. The second-order valence-corrected chi connectivity index (χ2v) is 6.56. The fraction of sp³-hybridized carbons (Fsp3) is 0.647. The van der Waals surface area contributed by atoms with Crippen molar-refractivity contribution < 1.29 is 22.7 Å². The third kappa shape index (κ3) is 4.62. The van der Waals surface area contributed by atoms with Gasteiger partial charge in [-0.25, -0.2) is 4.98 Å². The Bertz CT molecular complexity index is 578. The van der Waals surface area contributed by atoms with Crippen LogP contribution in [0.2, 0.25) is 0 Å². The van der Waals surface area contributed by atoms with Gasteiger partial charge in [-0.3, -0.25) is 4.79 Å². The van der Waals surface area contributed by atoms with Crippen molar-refractivity contribution >= 4 is 11.6 Å². The number of carbonyl (C=O) groups excluding carboxylic acids is 1. The smallest absolute Gasteiger partial charge is 0.381 e. The van der Waals surface area contributed by atoms with Gasteiger partial charge in [-0.05, 0) is 37.8 Å². The third-order valence-electron chi connectivity index (χ3n) is 4.84. The summed E-state index contributed by atoms with van der Waals surface area (Å²) in [4.78, 5) is 17.8. The number of pyridine rings is 1. The van der Waals surface area contributed by atoms with E-state index < -0.39 is 11.9 Å². The molecule has 2 saturated heterocycles. The average Bonchev–Trinajstić information content (AvgIpc) is 2.62. The number of piperidine rings is 1. The molecule has 2 aliphatic heterocycles. The molecule has 0 aliphatic carbocycles. The van der Waals surface area contributed by atoms with E-state index >= 15 is 0 Å². The summed E-state index contributed by atoms with van der Waals surface area (Å²) in [6, 6.07) is 2.63. The zero-order valence-corrected chi connectivity index (χ0v) is 13.9. The summed E-state index contributed by atoms with van der Waals surface area (Å²) in [6.45, 7) is 2.65. The highest BCUT2D eigenvalue weighted by atomic mass is 19.4. The fourth-order valence-corrected chi connectivity index (χ4v) is 3.30. The normalized spacial score (nSPS) is 20.5. The number of hydrogen-bond donors (Lipinski definition) is 1. The van der Waals surface area contributed by atoms with Gasteiger partial charge in [0.05, 0.1) is 11.9 Å². The number of carbonyl (C=O) groups is 1. The van der Waals surface area contributed by atoms with Crippen LogP contribution in [0.4, 0.5) is 18.9 Å². The molecular formula is C17H22F3N3O2. The van der Waals surface area contributed by atoms with Crippen molar-refractivity contribution in [1.29, 1.82) is 0 Å². The maximum atomic E-state index is 12.6. The first-order chi connectivity index (χ1) is 11.9. The first-order valence-corrected chi connectivity index (χ1v) is 8.60. The molecule has 1 aromatic rings. The van der Waals surface area contributed by atoms with Gasteiger partial charge in [0, 0.05) is 38.3 Å². The Labute approximate surface area is 144 Å². The topological polar surface area (TPSA) is 54.5 Å². The minimum Gasteiger partial charge on any atom is -0.381 e. The van der Waals surface area contributed by atoms with Gasteiger partial charge in [0.1, 0.15) is 5.69 Å². The van der Waals surface area contributed by atoms with Crippen LogP contribution in [0.25, 0.3) is 0 Å². The molecule has 3 heterocycles. The molecule has 8 heteroatoms. The molecule has 1 N–H and O–H groups in total. The van der Waals surface area contributed by atoms with Gasteiger partial charge in [0.15, 0.2) is 0 Å². The Morgan fingerprint density at radius 1 is 1.16 bits per heavy atom. The highest BCUT2D eigenvalue weighted by Gasteiger charge is 2.32. The lowest BCUT2D eigenvalue weighted by Crippen LogP contribution is -2.45. The van der Waals surface area contributed by atoms with Crippen molar-refractivity contribution in [3.63, 3.8) is 0 Å². The van der Waals surface area contributed by atoms with Crippen molar-refractivity contribution in [2.24, 2.45) is 5.92 Å². The van der Waals surface area contributed by atoms with E-state index in [0.717, 1.165) is 18.9 Å². The van der Waals surface area contributed by atoms with Gasteiger partial charge in [-0.15, -0.1) is 0 Å². The number of hydrogen-bond acceptors (Lipinski definition) is 4. The van der Waals surface area contributed by atoms with Crippen LogP contribution in [-0.2, 0) is 15.7 Å². The van der Waals surface area contributed by atoms with E-state index in [-0.39, 0.29) is 17.9 Å². The lowest BCUT2D eigenvalue weighted by Gasteiger charge is -2.34. The molecule has 2 fully saturated rings. The van der Waals surface area contributed by atoms with Crippen LogP contribution in [0.1, 0.15) is 31.4 Å². The maximum Gasteiger partial charge on any atom is 0.433 e. The molecule has 1 aromatic heterocycles. The monoisotopic (exact) mass is 357 g/mol. The van der Waals surface area contributed by atoms with E-state index in [0.29, 0.717) is 44.8 Å². The molecule has 0 unspecified atom stereocenters. The van der Waals surface area contributed by atoms with E-state index in [4.69, 9.17) is 4.74 Å². The van der Waals surface area contributed by atoms with Crippen molar-refractivity contribution in [2.75, 3.05) is 31.2 Å². The van der Waals surface area contributed by atoms with Crippen molar-refractivity contribution in [3.05, 3.63) is 24.0 Å². The van der Waals surface area contributed by atoms with Gasteiger partial charge in [0.25, 0.3) is 0 Å². The largest absolute Gasteiger partial charge is 0.433 e. The summed E-state index contributed by atoms with van der Waals surface area (Å²) in [7, 11) is 0. The van der Waals surface area contributed by atoms with Crippen LogP contribution in [-0.4, -0.2) is 43.2 Å². The standard InChI is InChI=1S/C17H22F3N3O2/c18-17(19,20)15-2-1-14(11-21-15)23-7-3-12(4-8-23)16(24)22-13-5-9-25-10-6-13/h1-2,11-13H,3-10H2,(H,22,24). The Balaban J connectivity index is 1.50. The number of anilines is 1. The summed E-state index contributed by atoms with van der Waals surface area (Å²) in [6.07, 6.45) is -0.0885. The van der Waals surface area contributed by atoms with Crippen LogP contribution in [0, 0.1) is 5.92 Å². The summed E-state index contributed by atoms with van der Waals surface area (Å²) in [5.41, 5.74) is -0.224. The summed E-state index contributed by atoms with van der Waals surface area (Å²) >= 11 is 0. The Hall–Kier alpha value is -1.83. The van der Waals surface area contributed by atoms with Crippen molar-refractivity contribution in [2.45, 2.75) is 37.9 Å². The first kappa shape index (κ1) is 18.0. The number of halogens is 3. The Morgan fingerprint density at radius 3 is 2.40 bits per heavy atom. The molecule has 0 bridgehead atoms. The van der Waals surface area contributed by atoms with Gasteiger partial charge < -0.3 is 15.0 Å². The molecule has 0 aromatic carbocycles. The van der Waals surface area contributed by atoms with Crippen LogP contribution >= 0.6 is 0 Å². The second kappa shape index (κ2) is 7.59. The quantitative estimate of drug-likeness (QED) is 0.904. The number of ether oxygens (including phenoxy) is 1. The summed E-state index contributed by atoms with van der Waals surface area (Å²) < 4.78 is 43.0. The number of amides is 1. The van der Waals surface area contributed by atoms with Crippen molar-refractivity contribution in [1.82, 2.24) is 10.3 Å². The molecule has 0 spiro atoms. The van der Waals surface area contributed by atoms with Crippen LogP contribution in [0.3, 0.4) is 0 Å². The predicted octanol–water partition coefficient (Wildman–Crippen LogP) is 2.61. The van der Waals surface area contributed by atoms with E-state index in [1.54, 1.807) is 0 Å². The lowest BCUT2D eigenvalue weighted by molar-refractivity contribution is -0.141. The van der Waals surface area contributed by atoms with Gasteiger partial charge in [-0.2, -0.15) is 13.2 Å². The molecule has 138 valence electrons. The SMILES string of the molecule is O=C(NC1CCOCC1)C1CCN(c2ccc(C(F)(F)F)nc2)CC1. The minimum absolute atomic E-state index is 0.0403. The number of rotatable bonds is 3. The van der Waals surface area contributed by atoms with Gasteiger partial charge in [0.2, 0.25) is 5.91 Å². The summed E-state index contributed by atoms with van der Waals surface area (Å²) in [5.74, 6) is 0.0404. The highest BCUT2D eigenvalue weighted by molar-refractivity contribution is 5.79. The second-order valence-electron chi connectivity index (χ2n) is 6.56. The van der Waals surface area contributed by atoms with E-state index in [1.165, 1.54) is 12.3 Å². The number of nitrogens with zero attached hydrogens (tertiary/aromatic N) is 2. The molecular weight excluding hydrogens is 335 g/mol. The molecule has 2 aliphatic rings. The maximum absolute atomic E-state index is 12.6. The number of aromatic nitrogens is 1. The number of alkyl halides is 3. The molecule has 1 amide bonds. The minimum atomic E-state index is -4.42. The van der Waals surface area contributed by atoms with Crippen LogP contribution in [0.15, 0.2) is 18.3 Å². The van der Waals surface area contributed by atoms with Gasteiger partial charge >= 0.3 is 6.18 Å². The first-order valence-electron chi connectivity index (χ1n) is 8.60. The molecule has 25 heavy (non-hydrogen) atoms. The lowest BCUT2D eigenvalue weighted by atomic mass is 9.94.